The monoisotopic (exact) mass is 205 g/mol. The van der Waals surface area contributed by atoms with Gasteiger partial charge >= 0.3 is 5.97 Å². The van der Waals surface area contributed by atoms with E-state index in [0.29, 0.717) is 12.1 Å². The maximum atomic E-state index is 11.0. The number of carbonyl (C=O) groups is 1. The van der Waals surface area contributed by atoms with E-state index in [1.165, 1.54) is 0 Å². The molecule has 1 N–H and O–H groups in total. The van der Waals surface area contributed by atoms with E-state index in [9.17, 15) is 4.79 Å². The summed E-state index contributed by atoms with van der Waals surface area (Å²) in [5, 5.41) is 9.03. The number of carboxylic acid groups (broad SMARTS) is 1. The number of hydrogen-bond acceptors (Lipinski definition) is 2. The van der Waals surface area contributed by atoms with Crippen LogP contribution in [0.5, 0.6) is 0 Å². The molecule has 0 atom stereocenters. The molecule has 3 heteroatoms. The highest BCUT2D eigenvalue weighted by Crippen LogP contribution is 2.19. The number of para-hydroxylation sites is 1. The van der Waals surface area contributed by atoms with E-state index in [1.54, 1.807) is 18.2 Å². The van der Waals surface area contributed by atoms with Gasteiger partial charge in [0.25, 0.3) is 0 Å². The first-order valence-electron chi connectivity index (χ1n) is 4.88. The number of aromatic carboxylic acids is 1. The lowest BCUT2D eigenvalue weighted by atomic mass is 10.1. The molecule has 0 aliphatic rings. The Bertz CT molecular complexity index is 360. The summed E-state index contributed by atoms with van der Waals surface area (Å²) in [4.78, 5) is 13.0. The Morgan fingerprint density at radius 3 is 2.73 bits per heavy atom. The topological polar surface area (TPSA) is 40.5 Å². The van der Waals surface area contributed by atoms with Crippen molar-refractivity contribution in [1.82, 2.24) is 0 Å². The number of likely N-dealkylation sites (N-methyl/N-ethyl adjacent to an activating group) is 1. The fourth-order valence-corrected chi connectivity index (χ4v) is 1.48. The van der Waals surface area contributed by atoms with Crippen molar-refractivity contribution in [2.45, 2.75) is 6.92 Å². The van der Waals surface area contributed by atoms with Crippen LogP contribution in [-0.4, -0.2) is 24.2 Å². The van der Waals surface area contributed by atoms with Gasteiger partial charge in [-0.2, -0.15) is 0 Å². The van der Waals surface area contributed by atoms with Crippen molar-refractivity contribution in [3.05, 3.63) is 42.5 Å². The third-order valence-corrected chi connectivity index (χ3v) is 2.21. The normalized spacial score (nSPS) is 9.67. The standard InChI is InChI=1S/C12H15NO2/c1-3-9-13(4-2)11-8-6-5-7-10(11)12(14)15/h3,5-8H,1,4,9H2,2H3,(H,14,15). The Morgan fingerprint density at radius 2 is 2.20 bits per heavy atom. The second-order valence-electron chi connectivity index (χ2n) is 3.15. The van der Waals surface area contributed by atoms with Gasteiger partial charge < -0.3 is 10.0 Å². The van der Waals surface area contributed by atoms with Crippen LogP contribution in [0.1, 0.15) is 17.3 Å². The third kappa shape index (κ3) is 2.59. The molecule has 0 fully saturated rings. The fourth-order valence-electron chi connectivity index (χ4n) is 1.48. The summed E-state index contributed by atoms with van der Waals surface area (Å²) >= 11 is 0. The molecule has 0 aromatic heterocycles. The van der Waals surface area contributed by atoms with Crippen LogP contribution in [0, 0.1) is 0 Å². The molecular weight excluding hydrogens is 190 g/mol. The first-order valence-corrected chi connectivity index (χ1v) is 4.88. The van der Waals surface area contributed by atoms with Crippen LogP contribution in [0.4, 0.5) is 5.69 Å². The average molecular weight is 205 g/mol. The first kappa shape index (κ1) is 11.3. The lowest BCUT2D eigenvalue weighted by Gasteiger charge is -2.22. The number of rotatable bonds is 5. The smallest absolute Gasteiger partial charge is 0.337 e. The second-order valence-corrected chi connectivity index (χ2v) is 3.15. The molecule has 0 heterocycles. The highest BCUT2D eigenvalue weighted by atomic mass is 16.4. The minimum absolute atomic E-state index is 0.334. The van der Waals surface area contributed by atoms with Gasteiger partial charge in [-0.25, -0.2) is 4.79 Å². The van der Waals surface area contributed by atoms with Crippen LogP contribution in [-0.2, 0) is 0 Å². The molecule has 0 saturated carbocycles. The number of hydrogen-bond donors (Lipinski definition) is 1. The summed E-state index contributed by atoms with van der Waals surface area (Å²) in [7, 11) is 0. The Labute approximate surface area is 89.6 Å². The minimum Gasteiger partial charge on any atom is -0.478 e. The molecular formula is C12H15NO2. The summed E-state index contributed by atoms with van der Waals surface area (Å²) in [5.41, 5.74) is 1.08. The Hall–Kier alpha value is -1.77. The van der Waals surface area contributed by atoms with E-state index in [-0.39, 0.29) is 0 Å². The van der Waals surface area contributed by atoms with Crippen molar-refractivity contribution in [2.24, 2.45) is 0 Å². The zero-order valence-electron chi connectivity index (χ0n) is 8.81. The van der Waals surface area contributed by atoms with Crippen LogP contribution in [0.25, 0.3) is 0 Å². The Kier molecular flexibility index (Phi) is 3.92. The zero-order valence-corrected chi connectivity index (χ0v) is 8.81. The number of anilines is 1. The van der Waals surface area contributed by atoms with Gasteiger partial charge in [0.05, 0.1) is 11.3 Å². The van der Waals surface area contributed by atoms with E-state index in [2.05, 4.69) is 6.58 Å². The van der Waals surface area contributed by atoms with Gasteiger partial charge in [-0.1, -0.05) is 18.2 Å². The number of nitrogens with zero attached hydrogens (tertiary/aromatic N) is 1. The maximum Gasteiger partial charge on any atom is 0.337 e. The predicted octanol–water partition coefficient (Wildman–Crippen LogP) is 2.40. The highest BCUT2D eigenvalue weighted by molar-refractivity contribution is 5.94. The molecule has 0 spiro atoms. The lowest BCUT2D eigenvalue weighted by Crippen LogP contribution is -2.24. The fraction of sp³-hybridized carbons (Fsp3) is 0.250. The van der Waals surface area contributed by atoms with Crippen LogP contribution < -0.4 is 4.90 Å². The van der Waals surface area contributed by atoms with Crippen molar-refractivity contribution in [3.63, 3.8) is 0 Å². The van der Waals surface area contributed by atoms with Gasteiger partial charge in [-0.05, 0) is 19.1 Å². The van der Waals surface area contributed by atoms with Crippen LogP contribution in [0.3, 0.4) is 0 Å². The van der Waals surface area contributed by atoms with Crippen LogP contribution in [0.15, 0.2) is 36.9 Å². The molecule has 1 aromatic rings. The van der Waals surface area contributed by atoms with Crippen molar-refractivity contribution >= 4 is 11.7 Å². The zero-order chi connectivity index (χ0) is 11.3. The van der Waals surface area contributed by atoms with Crippen molar-refractivity contribution in [2.75, 3.05) is 18.0 Å². The van der Waals surface area contributed by atoms with E-state index in [4.69, 9.17) is 5.11 Å². The Morgan fingerprint density at radius 1 is 1.53 bits per heavy atom. The van der Waals surface area contributed by atoms with Crippen molar-refractivity contribution < 1.29 is 9.90 Å². The van der Waals surface area contributed by atoms with E-state index in [0.717, 1.165) is 12.2 Å². The predicted molar refractivity (Wildman–Crippen MR) is 61.5 cm³/mol. The van der Waals surface area contributed by atoms with E-state index in [1.807, 2.05) is 24.0 Å². The van der Waals surface area contributed by atoms with Gasteiger partial charge in [0, 0.05) is 13.1 Å². The first-order chi connectivity index (χ1) is 7.20. The SMILES string of the molecule is C=CCN(CC)c1ccccc1C(=O)O. The molecule has 15 heavy (non-hydrogen) atoms. The molecule has 0 amide bonds. The van der Waals surface area contributed by atoms with Gasteiger partial charge in [-0.15, -0.1) is 6.58 Å². The van der Waals surface area contributed by atoms with Crippen LogP contribution in [0.2, 0.25) is 0 Å². The Balaban J connectivity index is 3.09. The molecule has 0 unspecified atom stereocenters. The second kappa shape index (κ2) is 5.20. The molecule has 80 valence electrons. The maximum absolute atomic E-state index is 11.0. The van der Waals surface area contributed by atoms with Gasteiger partial charge in [0.15, 0.2) is 0 Å². The van der Waals surface area contributed by atoms with Gasteiger partial charge in [-0.3, -0.25) is 0 Å². The molecule has 0 aliphatic carbocycles. The largest absolute Gasteiger partial charge is 0.478 e. The summed E-state index contributed by atoms with van der Waals surface area (Å²) in [6.07, 6.45) is 1.77. The van der Waals surface area contributed by atoms with E-state index >= 15 is 0 Å². The van der Waals surface area contributed by atoms with Crippen molar-refractivity contribution in [3.8, 4) is 0 Å². The summed E-state index contributed by atoms with van der Waals surface area (Å²) in [6.45, 7) is 7.06. The molecule has 3 nitrogen and oxygen atoms in total. The summed E-state index contributed by atoms with van der Waals surface area (Å²) in [5.74, 6) is -0.895. The molecule has 0 bridgehead atoms. The summed E-state index contributed by atoms with van der Waals surface area (Å²) < 4.78 is 0. The molecule has 1 rings (SSSR count). The van der Waals surface area contributed by atoms with E-state index < -0.39 is 5.97 Å². The lowest BCUT2D eigenvalue weighted by molar-refractivity contribution is 0.0697. The third-order valence-electron chi connectivity index (χ3n) is 2.21. The molecule has 0 aliphatic heterocycles. The molecule has 1 aromatic carbocycles. The van der Waals surface area contributed by atoms with Gasteiger partial charge in [0.2, 0.25) is 0 Å². The van der Waals surface area contributed by atoms with Crippen molar-refractivity contribution in [1.29, 1.82) is 0 Å². The summed E-state index contributed by atoms with van der Waals surface area (Å²) in [6, 6.07) is 7.00. The quantitative estimate of drug-likeness (QED) is 0.750. The minimum atomic E-state index is -0.895. The number of carboxylic acids is 1. The van der Waals surface area contributed by atoms with Gasteiger partial charge in [0.1, 0.15) is 0 Å². The molecule has 0 radical (unpaired) electrons. The highest BCUT2D eigenvalue weighted by Gasteiger charge is 2.12. The molecule has 0 saturated heterocycles. The number of benzene rings is 1. The van der Waals surface area contributed by atoms with Crippen LogP contribution >= 0.6 is 0 Å². The average Bonchev–Trinajstić information content (AvgIpc) is 2.26.